The molecule has 0 heterocycles. The van der Waals surface area contributed by atoms with E-state index in [0.717, 1.165) is 0 Å². The molecule has 6 heteroatoms. The maximum atomic E-state index is 11.6. The Bertz CT molecular complexity index is 241. The molecular formula is C8H22N2O2P2. The van der Waals surface area contributed by atoms with Gasteiger partial charge in [-0.3, -0.25) is 9.34 Å². The Morgan fingerprint density at radius 3 is 1.14 bits per heavy atom. The Hall–Kier alpha value is 0.380. The van der Waals surface area contributed by atoms with E-state index in [0.29, 0.717) is 13.1 Å². The van der Waals surface area contributed by atoms with Gasteiger partial charge in [0.2, 0.25) is 0 Å². The van der Waals surface area contributed by atoms with Crippen LogP contribution in [0, 0.1) is 0 Å². The number of nitrogens with zero attached hydrogens (tertiary/aromatic N) is 2. The molecule has 0 aromatic rings. The van der Waals surface area contributed by atoms with E-state index in [1.807, 2.05) is 23.4 Å². The summed E-state index contributed by atoms with van der Waals surface area (Å²) in [7, 11) is -0.620. The molecule has 0 aliphatic heterocycles. The molecule has 86 valence electrons. The van der Waals surface area contributed by atoms with Gasteiger partial charge < -0.3 is 9.13 Å². The zero-order valence-electron chi connectivity index (χ0n) is 10.0. The van der Waals surface area contributed by atoms with Crippen molar-refractivity contribution in [1.82, 2.24) is 9.34 Å². The predicted octanol–water partition coefficient (Wildman–Crippen LogP) is 1.93. The van der Waals surface area contributed by atoms with Crippen molar-refractivity contribution in [2.24, 2.45) is 0 Å². The fourth-order valence-corrected chi connectivity index (χ4v) is 1.91. The predicted molar refractivity (Wildman–Crippen MR) is 64.2 cm³/mol. The zero-order chi connectivity index (χ0) is 11.6. The molecule has 0 bridgehead atoms. The summed E-state index contributed by atoms with van der Waals surface area (Å²) >= 11 is 0. The van der Waals surface area contributed by atoms with Gasteiger partial charge in [-0.25, -0.2) is 0 Å². The van der Waals surface area contributed by atoms with E-state index in [9.17, 15) is 9.13 Å². The fourth-order valence-electron chi connectivity index (χ4n) is 0.771. The Morgan fingerprint density at radius 1 is 0.786 bits per heavy atom. The third-order valence-corrected chi connectivity index (χ3v) is 6.08. The number of hydrogen-bond donors (Lipinski definition) is 0. The molecule has 4 nitrogen and oxygen atoms in total. The van der Waals surface area contributed by atoms with E-state index in [-0.39, 0.29) is 0 Å². The van der Waals surface area contributed by atoms with Crippen molar-refractivity contribution >= 4 is 14.6 Å². The lowest BCUT2D eigenvalue weighted by Crippen LogP contribution is -2.26. The van der Waals surface area contributed by atoms with Gasteiger partial charge in [-0.15, -0.1) is 0 Å². The number of rotatable bonds is 5. The van der Waals surface area contributed by atoms with Crippen LogP contribution in [0.1, 0.15) is 0 Å². The van der Waals surface area contributed by atoms with Gasteiger partial charge in [0.05, 0.1) is 0 Å². The average Bonchev–Trinajstić information content (AvgIpc) is 1.95. The van der Waals surface area contributed by atoms with Gasteiger partial charge in [0.15, 0.2) is 0 Å². The molecule has 0 spiro atoms. The fraction of sp³-hybridized carbons (Fsp3) is 1.00. The third kappa shape index (κ3) is 5.31. The van der Waals surface area contributed by atoms with Crippen LogP contribution in [0.4, 0.5) is 0 Å². The van der Waals surface area contributed by atoms with Crippen LogP contribution in [0.25, 0.3) is 0 Å². The summed E-state index contributed by atoms with van der Waals surface area (Å²) in [4.78, 5) is 0. The van der Waals surface area contributed by atoms with Crippen LogP contribution in [0.3, 0.4) is 0 Å². The van der Waals surface area contributed by atoms with Crippen LogP contribution in [-0.2, 0) is 9.13 Å². The number of likely N-dealkylation sites (N-methyl/N-ethyl adjacent to an activating group) is 2. The normalized spacial score (nSPS) is 14.0. The lowest BCUT2D eigenvalue weighted by Gasteiger charge is -2.26. The van der Waals surface area contributed by atoms with Gasteiger partial charge in [-0.05, 0) is 14.1 Å². The van der Waals surface area contributed by atoms with Crippen LogP contribution < -0.4 is 0 Å². The molecule has 0 radical (unpaired) electrons. The maximum Gasteiger partial charge on any atom is 0.144 e. The van der Waals surface area contributed by atoms with Crippen molar-refractivity contribution in [2.75, 3.05) is 53.8 Å². The monoisotopic (exact) mass is 240 g/mol. The molecule has 0 aromatic heterocycles. The highest BCUT2D eigenvalue weighted by atomic mass is 31.2. The second-order valence-corrected chi connectivity index (χ2v) is 10.9. The lowest BCUT2D eigenvalue weighted by atomic mass is 10.6. The third-order valence-electron chi connectivity index (χ3n) is 2.39. The minimum absolute atomic E-state index is 0.687. The Labute approximate surface area is 87.5 Å². The van der Waals surface area contributed by atoms with Gasteiger partial charge >= 0.3 is 0 Å². The van der Waals surface area contributed by atoms with Gasteiger partial charge in [0, 0.05) is 39.7 Å². The summed E-state index contributed by atoms with van der Waals surface area (Å²) < 4.78 is 26.9. The summed E-state index contributed by atoms with van der Waals surface area (Å²) in [5.41, 5.74) is 0. The zero-order valence-corrected chi connectivity index (χ0v) is 11.8. The molecule has 0 saturated carbocycles. The minimum Gasteiger partial charge on any atom is -0.307 e. The van der Waals surface area contributed by atoms with Crippen LogP contribution in [0.15, 0.2) is 0 Å². The molecule has 0 aliphatic carbocycles. The minimum atomic E-state index is -2.15. The summed E-state index contributed by atoms with van der Waals surface area (Å²) in [5, 5.41) is 0. The summed E-state index contributed by atoms with van der Waals surface area (Å²) in [5.74, 6) is 0. The molecule has 0 fully saturated rings. The van der Waals surface area contributed by atoms with Crippen LogP contribution >= 0.6 is 14.6 Å². The highest BCUT2D eigenvalue weighted by Gasteiger charge is 2.18. The van der Waals surface area contributed by atoms with E-state index in [4.69, 9.17) is 0 Å². The maximum absolute atomic E-state index is 11.6. The molecular weight excluding hydrogens is 218 g/mol. The molecule has 0 atom stereocenters. The summed E-state index contributed by atoms with van der Waals surface area (Å²) in [6, 6.07) is 0. The van der Waals surface area contributed by atoms with Crippen molar-refractivity contribution in [3.05, 3.63) is 0 Å². The van der Waals surface area contributed by atoms with Crippen molar-refractivity contribution in [2.45, 2.75) is 0 Å². The standard InChI is InChI=1S/C8H22N2O2P2/c1-9(13(3,4)11)7-8-10(2)14(5,6)12/h7-8H2,1-6H3. The molecule has 0 saturated heterocycles. The SMILES string of the molecule is CN(CCN(C)P(C)(C)=O)P(C)(C)=O. The van der Waals surface area contributed by atoms with Crippen LogP contribution in [0.2, 0.25) is 0 Å². The smallest absolute Gasteiger partial charge is 0.144 e. The highest BCUT2D eigenvalue weighted by Crippen LogP contribution is 2.41. The average molecular weight is 240 g/mol. The second kappa shape index (κ2) is 4.94. The topological polar surface area (TPSA) is 40.6 Å². The van der Waals surface area contributed by atoms with Crippen LogP contribution in [-0.4, -0.2) is 63.2 Å². The van der Waals surface area contributed by atoms with Crippen molar-refractivity contribution in [3.63, 3.8) is 0 Å². The van der Waals surface area contributed by atoms with Crippen molar-refractivity contribution < 1.29 is 9.13 Å². The molecule has 14 heavy (non-hydrogen) atoms. The first-order valence-corrected chi connectivity index (χ1v) is 9.69. The van der Waals surface area contributed by atoms with E-state index in [1.54, 1.807) is 26.7 Å². The van der Waals surface area contributed by atoms with E-state index < -0.39 is 14.6 Å². The van der Waals surface area contributed by atoms with Crippen molar-refractivity contribution in [1.29, 1.82) is 0 Å². The quantitative estimate of drug-likeness (QED) is 0.688. The van der Waals surface area contributed by atoms with Crippen molar-refractivity contribution in [3.8, 4) is 0 Å². The van der Waals surface area contributed by atoms with E-state index in [2.05, 4.69) is 0 Å². The van der Waals surface area contributed by atoms with Gasteiger partial charge in [-0.1, -0.05) is 0 Å². The van der Waals surface area contributed by atoms with E-state index >= 15 is 0 Å². The number of hydrogen-bond acceptors (Lipinski definition) is 2. The first-order chi connectivity index (χ1) is 6.05. The molecule has 0 unspecified atom stereocenters. The summed E-state index contributed by atoms with van der Waals surface area (Å²) in [6.45, 7) is 8.34. The molecule has 0 aromatic carbocycles. The molecule has 0 aliphatic rings. The van der Waals surface area contributed by atoms with Crippen LogP contribution in [0.5, 0.6) is 0 Å². The molecule has 0 amide bonds. The van der Waals surface area contributed by atoms with Gasteiger partial charge in [-0.2, -0.15) is 0 Å². The first-order valence-electron chi connectivity index (χ1n) is 4.58. The Morgan fingerprint density at radius 2 is 1.00 bits per heavy atom. The molecule has 0 N–H and O–H groups in total. The molecule has 0 rings (SSSR count). The second-order valence-electron chi connectivity index (χ2n) is 4.35. The Kier molecular flexibility index (Phi) is 5.07. The Balaban J connectivity index is 4.09. The first kappa shape index (κ1) is 14.4. The van der Waals surface area contributed by atoms with Gasteiger partial charge in [0.1, 0.15) is 14.6 Å². The van der Waals surface area contributed by atoms with Gasteiger partial charge in [0.25, 0.3) is 0 Å². The summed E-state index contributed by atoms with van der Waals surface area (Å²) in [6.07, 6.45) is 0. The largest absolute Gasteiger partial charge is 0.307 e. The lowest BCUT2D eigenvalue weighted by molar-refractivity contribution is 0.410. The highest BCUT2D eigenvalue weighted by molar-refractivity contribution is 7.60. The van der Waals surface area contributed by atoms with E-state index in [1.165, 1.54) is 0 Å².